The van der Waals surface area contributed by atoms with E-state index < -0.39 is 17.8 Å². The van der Waals surface area contributed by atoms with Gasteiger partial charge in [-0.25, -0.2) is 5.01 Å². The first-order valence-corrected chi connectivity index (χ1v) is 7.52. The van der Waals surface area contributed by atoms with Gasteiger partial charge in [0.1, 0.15) is 0 Å². The third-order valence-corrected chi connectivity index (χ3v) is 4.09. The topological polar surface area (TPSA) is 26.7 Å². The summed E-state index contributed by atoms with van der Waals surface area (Å²) in [5.74, 6) is 0. The maximum absolute atomic E-state index is 12.6. The molecule has 1 aromatic carbocycles. The van der Waals surface area contributed by atoms with Crippen molar-refractivity contribution < 1.29 is 18.3 Å². The number of rotatable bonds is 3. The molecule has 0 saturated carbocycles. The molecule has 1 aliphatic rings. The molecule has 3 nitrogen and oxygen atoms in total. The van der Waals surface area contributed by atoms with Crippen molar-refractivity contribution in [1.82, 2.24) is 10.0 Å². The summed E-state index contributed by atoms with van der Waals surface area (Å²) >= 11 is 0. The number of alkyl halides is 3. The molecule has 1 N–H and O–H groups in total. The van der Waals surface area contributed by atoms with Gasteiger partial charge in [0, 0.05) is 19.8 Å². The largest absolute Gasteiger partial charge is 0.416 e. The van der Waals surface area contributed by atoms with Crippen molar-refractivity contribution in [3.05, 3.63) is 41.6 Å². The van der Waals surface area contributed by atoms with Gasteiger partial charge in [-0.2, -0.15) is 13.2 Å². The lowest BCUT2D eigenvalue weighted by Gasteiger charge is -2.33. The fraction of sp³-hybridized carbons (Fsp3) is 0.529. The molecule has 0 aromatic heterocycles. The highest BCUT2D eigenvalue weighted by molar-refractivity contribution is 5.68. The number of nitrogens with zero attached hydrogens (tertiary/aromatic N) is 2. The average molecular weight is 328 g/mol. The molecule has 0 spiro atoms. The van der Waals surface area contributed by atoms with Crippen molar-refractivity contribution in [3.63, 3.8) is 0 Å². The Morgan fingerprint density at radius 1 is 1.13 bits per heavy atom. The molecule has 0 amide bonds. The van der Waals surface area contributed by atoms with E-state index in [1.807, 2.05) is 44.0 Å². The second-order valence-corrected chi connectivity index (χ2v) is 7.05. The molecule has 0 aliphatic carbocycles. The van der Waals surface area contributed by atoms with Crippen LogP contribution in [0.15, 0.2) is 30.5 Å². The molecule has 1 aliphatic heterocycles. The van der Waals surface area contributed by atoms with Crippen molar-refractivity contribution in [3.8, 4) is 0 Å². The quantitative estimate of drug-likeness (QED) is 0.918. The minimum atomic E-state index is -4.32. The van der Waals surface area contributed by atoms with Crippen LogP contribution < -0.4 is 0 Å². The van der Waals surface area contributed by atoms with E-state index >= 15 is 0 Å². The molecular formula is C17H23F3N2O. The third-order valence-electron chi connectivity index (χ3n) is 4.09. The van der Waals surface area contributed by atoms with Gasteiger partial charge in [-0.3, -0.25) is 0 Å². The van der Waals surface area contributed by atoms with Crippen LogP contribution in [0.3, 0.4) is 0 Å². The van der Waals surface area contributed by atoms with Gasteiger partial charge in [-0.05, 0) is 28.7 Å². The number of hydrogen-bond donors (Lipinski definition) is 1. The monoisotopic (exact) mass is 328 g/mol. The predicted molar refractivity (Wildman–Crippen MR) is 84.2 cm³/mol. The van der Waals surface area contributed by atoms with Gasteiger partial charge in [0.2, 0.25) is 0 Å². The first-order chi connectivity index (χ1) is 10.5. The number of hydrogen-bond acceptors (Lipinski definition) is 3. The summed E-state index contributed by atoms with van der Waals surface area (Å²) in [7, 11) is 1.89. The van der Waals surface area contributed by atoms with Gasteiger partial charge in [-0.1, -0.05) is 32.9 Å². The van der Waals surface area contributed by atoms with Crippen molar-refractivity contribution in [1.29, 1.82) is 0 Å². The Labute approximate surface area is 135 Å². The van der Waals surface area contributed by atoms with Crippen LogP contribution in [0.1, 0.15) is 31.9 Å². The lowest BCUT2D eigenvalue weighted by atomic mass is 9.89. The molecule has 2 rings (SSSR count). The van der Waals surface area contributed by atoms with Gasteiger partial charge in [0.05, 0.1) is 18.2 Å². The number of likely N-dealkylation sites (N-methyl/N-ethyl adjacent to an activating group) is 1. The Balaban J connectivity index is 2.13. The van der Waals surface area contributed by atoms with Gasteiger partial charge in [0.15, 0.2) is 0 Å². The lowest BCUT2D eigenvalue weighted by molar-refractivity contribution is -0.137. The van der Waals surface area contributed by atoms with Gasteiger partial charge >= 0.3 is 6.18 Å². The van der Waals surface area contributed by atoms with Gasteiger partial charge in [0.25, 0.3) is 0 Å². The van der Waals surface area contributed by atoms with E-state index in [-0.39, 0.29) is 5.41 Å². The molecular weight excluding hydrogens is 305 g/mol. The summed E-state index contributed by atoms with van der Waals surface area (Å²) < 4.78 is 37.9. The van der Waals surface area contributed by atoms with Crippen molar-refractivity contribution in [2.75, 3.05) is 20.1 Å². The highest BCUT2D eigenvalue weighted by atomic mass is 19.4. The van der Waals surface area contributed by atoms with Crippen LogP contribution in [-0.4, -0.2) is 41.4 Å². The fourth-order valence-corrected chi connectivity index (χ4v) is 2.34. The van der Waals surface area contributed by atoms with Crippen LogP contribution in [0, 0.1) is 5.41 Å². The maximum atomic E-state index is 12.6. The van der Waals surface area contributed by atoms with Gasteiger partial charge < -0.3 is 10.1 Å². The minimum Gasteiger partial charge on any atom is -0.391 e. The second kappa shape index (κ2) is 6.17. The zero-order valence-electron chi connectivity index (χ0n) is 13.9. The van der Waals surface area contributed by atoms with E-state index in [1.54, 1.807) is 0 Å². The standard InChI is InChI=1S/C17H23F3N2O/c1-16(2,3)15(23)11-22-10-13(9-21(22)4)12-5-7-14(8-6-12)17(18,19)20/h5-8,10,15,23H,9,11H2,1-4H3/t15-/m1/s1. The van der Waals surface area contributed by atoms with Crippen LogP contribution in [0.2, 0.25) is 0 Å². The number of hydrazine groups is 1. The molecule has 6 heteroatoms. The maximum Gasteiger partial charge on any atom is 0.416 e. The number of benzene rings is 1. The number of β-amino-alcohol motifs (C(OH)–C–C–N with tert-alkyl or cyclic N) is 1. The molecule has 0 unspecified atom stereocenters. The molecule has 0 radical (unpaired) electrons. The van der Waals surface area contributed by atoms with Crippen LogP contribution in [0.4, 0.5) is 13.2 Å². The van der Waals surface area contributed by atoms with Crippen molar-refractivity contribution in [2.24, 2.45) is 5.41 Å². The highest BCUT2D eigenvalue weighted by Crippen LogP contribution is 2.31. The van der Waals surface area contributed by atoms with E-state index in [0.717, 1.165) is 23.3 Å². The van der Waals surface area contributed by atoms with Gasteiger partial charge in [-0.15, -0.1) is 0 Å². The molecule has 1 aromatic rings. The normalized spacial score (nSPS) is 18.3. The highest BCUT2D eigenvalue weighted by Gasteiger charge is 2.31. The zero-order valence-corrected chi connectivity index (χ0v) is 13.9. The molecule has 128 valence electrons. The second-order valence-electron chi connectivity index (χ2n) is 7.05. The van der Waals surface area contributed by atoms with Crippen LogP contribution in [0.5, 0.6) is 0 Å². The number of aliphatic hydroxyl groups is 1. The molecule has 0 bridgehead atoms. The molecule has 0 fully saturated rings. The Bertz CT molecular complexity index is 573. The summed E-state index contributed by atoms with van der Waals surface area (Å²) in [6.45, 7) is 6.95. The van der Waals surface area contributed by atoms with E-state index in [2.05, 4.69) is 0 Å². The summed E-state index contributed by atoms with van der Waals surface area (Å²) in [6, 6.07) is 5.18. The Morgan fingerprint density at radius 3 is 2.17 bits per heavy atom. The summed E-state index contributed by atoms with van der Waals surface area (Å²) in [6.07, 6.45) is -2.94. The molecule has 1 heterocycles. The minimum absolute atomic E-state index is 0.230. The van der Waals surface area contributed by atoms with E-state index in [1.165, 1.54) is 12.1 Å². The Kier molecular flexibility index (Phi) is 4.78. The lowest BCUT2D eigenvalue weighted by Crippen LogP contribution is -2.42. The molecule has 0 saturated heterocycles. The van der Waals surface area contributed by atoms with E-state index in [9.17, 15) is 18.3 Å². The summed E-state index contributed by atoms with van der Waals surface area (Å²) in [5.41, 5.74) is 0.819. The summed E-state index contributed by atoms with van der Waals surface area (Å²) in [5, 5.41) is 14.1. The predicted octanol–water partition coefficient (Wildman–Crippen LogP) is 3.62. The Morgan fingerprint density at radius 2 is 1.70 bits per heavy atom. The number of halogens is 3. The van der Waals surface area contributed by atoms with Crippen molar-refractivity contribution >= 4 is 5.57 Å². The Hall–Kier alpha value is -1.53. The summed E-state index contributed by atoms with van der Waals surface area (Å²) in [4.78, 5) is 0. The SMILES string of the molecule is CN1CC(c2ccc(C(F)(F)F)cc2)=CN1C[C@@H](O)C(C)(C)C. The smallest absolute Gasteiger partial charge is 0.391 e. The van der Waals surface area contributed by atoms with Crippen LogP contribution in [0.25, 0.3) is 5.57 Å². The van der Waals surface area contributed by atoms with E-state index in [0.29, 0.717) is 13.1 Å². The van der Waals surface area contributed by atoms with Crippen LogP contribution >= 0.6 is 0 Å². The van der Waals surface area contributed by atoms with Crippen molar-refractivity contribution in [2.45, 2.75) is 33.1 Å². The molecule has 23 heavy (non-hydrogen) atoms. The third kappa shape index (κ3) is 4.26. The molecule has 1 atom stereocenters. The first-order valence-electron chi connectivity index (χ1n) is 7.52. The van der Waals surface area contributed by atoms with Crippen LogP contribution in [-0.2, 0) is 6.18 Å². The zero-order chi connectivity index (χ0) is 17.4. The van der Waals surface area contributed by atoms with E-state index in [4.69, 9.17) is 0 Å². The fourth-order valence-electron chi connectivity index (χ4n) is 2.34. The number of aliphatic hydroxyl groups excluding tert-OH is 1. The average Bonchev–Trinajstić information content (AvgIpc) is 2.78. The first kappa shape index (κ1) is 17.8.